The smallest absolute Gasteiger partial charge is 0.241 e. The van der Waals surface area contributed by atoms with Crippen molar-refractivity contribution in [3.8, 4) is 0 Å². The van der Waals surface area contributed by atoms with Crippen LogP contribution in [0.15, 0.2) is 0 Å². The zero-order valence-electron chi connectivity index (χ0n) is 9.26. The monoisotopic (exact) mass is 205 g/mol. The molecule has 0 bridgehead atoms. The van der Waals surface area contributed by atoms with Gasteiger partial charge in [-0.15, -0.1) is 0 Å². The second kappa shape index (κ2) is 5.06. The summed E-state index contributed by atoms with van der Waals surface area (Å²) in [4.78, 5) is 0. The van der Waals surface area contributed by atoms with Crippen LogP contribution in [0.4, 0.5) is 8.78 Å². The molecular formula is C11H21F2N. The molecule has 0 aromatic carbocycles. The van der Waals surface area contributed by atoms with Gasteiger partial charge in [-0.2, -0.15) is 0 Å². The summed E-state index contributed by atoms with van der Waals surface area (Å²) in [6.45, 7) is 4.11. The first kappa shape index (κ1) is 11.9. The molecule has 0 spiro atoms. The van der Waals surface area contributed by atoms with Crippen molar-refractivity contribution >= 4 is 0 Å². The van der Waals surface area contributed by atoms with Gasteiger partial charge in [-0.3, -0.25) is 0 Å². The predicted octanol–water partition coefficient (Wildman–Crippen LogP) is 2.91. The second-order valence-corrected chi connectivity index (χ2v) is 4.70. The van der Waals surface area contributed by atoms with Crippen molar-refractivity contribution < 1.29 is 8.78 Å². The van der Waals surface area contributed by atoms with Gasteiger partial charge in [-0.25, -0.2) is 8.78 Å². The summed E-state index contributed by atoms with van der Waals surface area (Å²) in [6, 6.07) is 0.295. The lowest BCUT2D eigenvalue weighted by Gasteiger charge is -2.37. The van der Waals surface area contributed by atoms with Gasteiger partial charge >= 0.3 is 0 Å². The van der Waals surface area contributed by atoms with E-state index in [0.29, 0.717) is 18.4 Å². The minimum atomic E-state index is -2.15. The van der Waals surface area contributed by atoms with E-state index in [0.717, 1.165) is 12.8 Å². The number of hydrogen-bond acceptors (Lipinski definition) is 1. The Bertz CT molecular complexity index is 171. The van der Waals surface area contributed by atoms with Gasteiger partial charge in [0.15, 0.2) is 0 Å². The topological polar surface area (TPSA) is 12.0 Å². The Morgan fingerprint density at radius 3 is 2.21 bits per heavy atom. The fourth-order valence-electron chi connectivity index (χ4n) is 2.61. The Morgan fingerprint density at radius 1 is 1.14 bits per heavy atom. The molecule has 0 amide bonds. The van der Waals surface area contributed by atoms with Gasteiger partial charge in [0.1, 0.15) is 0 Å². The van der Waals surface area contributed by atoms with Gasteiger partial charge in [0, 0.05) is 12.0 Å². The first-order valence-electron chi connectivity index (χ1n) is 5.51. The van der Waals surface area contributed by atoms with Crippen molar-refractivity contribution in [2.24, 2.45) is 17.8 Å². The van der Waals surface area contributed by atoms with E-state index in [1.54, 1.807) is 0 Å². The lowest BCUT2D eigenvalue weighted by molar-refractivity contribution is -0.00191. The Hall–Kier alpha value is -0.180. The molecule has 1 aliphatic rings. The molecule has 3 unspecified atom stereocenters. The SMILES string of the molecule is CNC1CCC(C(C)C)C(C(F)F)C1. The summed E-state index contributed by atoms with van der Waals surface area (Å²) in [6.07, 6.45) is 0.469. The van der Waals surface area contributed by atoms with Crippen LogP contribution in [0.1, 0.15) is 33.1 Å². The molecule has 3 heteroatoms. The van der Waals surface area contributed by atoms with Gasteiger partial charge < -0.3 is 5.32 Å². The third kappa shape index (κ3) is 2.66. The summed E-state index contributed by atoms with van der Waals surface area (Å²) in [5, 5.41) is 3.11. The number of halogens is 2. The van der Waals surface area contributed by atoms with Crippen LogP contribution in [0.5, 0.6) is 0 Å². The van der Waals surface area contributed by atoms with Crippen molar-refractivity contribution in [1.29, 1.82) is 0 Å². The van der Waals surface area contributed by atoms with Crippen molar-refractivity contribution in [3.05, 3.63) is 0 Å². The normalized spacial score (nSPS) is 34.1. The molecule has 0 aliphatic heterocycles. The maximum Gasteiger partial charge on any atom is 0.241 e. The van der Waals surface area contributed by atoms with E-state index in [2.05, 4.69) is 19.2 Å². The van der Waals surface area contributed by atoms with Gasteiger partial charge in [-0.05, 0) is 38.1 Å². The third-order valence-corrected chi connectivity index (χ3v) is 3.54. The van der Waals surface area contributed by atoms with Crippen LogP contribution in [0, 0.1) is 17.8 Å². The van der Waals surface area contributed by atoms with Crippen LogP contribution < -0.4 is 5.32 Å². The zero-order chi connectivity index (χ0) is 10.7. The largest absolute Gasteiger partial charge is 0.317 e. The number of hydrogen-bond donors (Lipinski definition) is 1. The Labute approximate surface area is 85.3 Å². The molecule has 1 rings (SSSR count). The van der Waals surface area contributed by atoms with Crippen molar-refractivity contribution in [2.75, 3.05) is 7.05 Å². The van der Waals surface area contributed by atoms with Crippen LogP contribution in [-0.4, -0.2) is 19.5 Å². The fraction of sp³-hybridized carbons (Fsp3) is 1.00. The van der Waals surface area contributed by atoms with E-state index in [9.17, 15) is 8.78 Å². The quantitative estimate of drug-likeness (QED) is 0.747. The van der Waals surface area contributed by atoms with Gasteiger partial charge in [0.2, 0.25) is 6.43 Å². The summed E-state index contributed by atoms with van der Waals surface area (Å²) in [5.74, 6) is 0.188. The molecule has 84 valence electrons. The van der Waals surface area contributed by atoms with Crippen molar-refractivity contribution in [2.45, 2.75) is 45.6 Å². The van der Waals surface area contributed by atoms with Crippen LogP contribution in [-0.2, 0) is 0 Å². The molecule has 0 saturated heterocycles. The molecule has 1 aliphatic carbocycles. The number of rotatable bonds is 3. The molecule has 0 aromatic rings. The average Bonchev–Trinajstić information content (AvgIpc) is 2.16. The zero-order valence-corrected chi connectivity index (χ0v) is 9.26. The van der Waals surface area contributed by atoms with E-state index in [1.807, 2.05) is 7.05 Å². The molecule has 1 nitrogen and oxygen atoms in total. The van der Waals surface area contributed by atoms with Crippen LogP contribution in [0.25, 0.3) is 0 Å². The number of nitrogens with one attached hydrogen (secondary N) is 1. The molecule has 14 heavy (non-hydrogen) atoms. The van der Waals surface area contributed by atoms with Gasteiger partial charge in [0.25, 0.3) is 0 Å². The fourth-order valence-corrected chi connectivity index (χ4v) is 2.61. The van der Waals surface area contributed by atoms with Crippen molar-refractivity contribution in [3.63, 3.8) is 0 Å². The third-order valence-electron chi connectivity index (χ3n) is 3.54. The van der Waals surface area contributed by atoms with E-state index < -0.39 is 12.3 Å². The molecule has 1 saturated carbocycles. The second-order valence-electron chi connectivity index (χ2n) is 4.70. The van der Waals surface area contributed by atoms with Crippen LogP contribution in [0.3, 0.4) is 0 Å². The molecule has 0 radical (unpaired) electrons. The Morgan fingerprint density at radius 2 is 1.79 bits per heavy atom. The van der Waals surface area contributed by atoms with Gasteiger partial charge in [0.05, 0.1) is 0 Å². The Balaban J connectivity index is 2.60. The number of alkyl halides is 2. The van der Waals surface area contributed by atoms with Crippen molar-refractivity contribution in [1.82, 2.24) is 5.32 Å². The first-order chi connectivity index (χ1) is 6.56. The minimum absolute atomic E-state index is 0.208. The summed E-state index contributed by atoms with van der Waals surface area (Å²) in [5.41, 5.74) is 0. The lowest BCUT2D eigenvalue weighted by Crippen LogP contribution is -2.40. The highest BCUT2D eigenvalue weighted by atomic mass is 19.3. The average molecular weight is 205 g/mol. The van der Waals surface area contributed by atoms with E-state index in [-0.39, 0.29) is 5.92 Å². The maximum absolute atomic E-state index is 12.8. The Kier molecular flexibility index (Phi) is 4.30. The summed E-state index contributed by atoms with van der Waals surface area (Å²) >= 11 is 0. The maximum atomic E-state index is 12.8. The van der Waals surface area contributed by atoms with E-state index in [4.69, 9.17) is 0 Å². The highest BCUT2D eigenvalue weighted by Crippen LogP contribution is 2.38. The van der Waals surface area contributed by atoms with Crippen LogP contribution in [0.2, 0.25) is 0 Å². The highest BCUT2D eigenvalue weighted by Gasteiger charge is 2.36. The van der Waals surface area contributed by atoms with E-state index >= 15 is 0 Å². The predicted molar refractivity (Wildman–Crippen MR) is 54.5 cm³/mol. The molecule has 1 N–H and O–H groups in total. The molecule has 0 aromatic heterocycles. The minimum Gasteiger partial charge on any atom is -0.317 e. The standard InChI is InChI=1S/C11H21F2N/c1-7(2)9-5-4-8(14-3)6-10(9)11(12)13/h7-11,14H,4-6H2,1-3H3. The molecule has 3 atom stereocenters. The summed E-state index contributed by atoms with van der Waals surface area (Å²) < 4.78 is 25.6. The van der Waals surface area contributed by atoms with Crippen LogP contribution >= 0.6 is 0 Å². The molecule has 0 heterocycles. The highest BCUT2D eigenvalue weighted by molar-refractivity contribution is 4.85. The summed E-state index contributed by atoms with van der Waals surface area (Å²) in [7, 11) is 1.86. The molecule has 1 fully saturated rings. The first-order valence-corrected chi connectivity index (χ1v) is 5.51. The molecular weight excluding hydrogens is 184 g/mol. The lowest BCUT2D eigenvalue weighted by atomic mass is 9.72. The van der Waals surface area contributed by atoms with Gasteiger partial charge in [-0.1, -0.05) is 13.8 Å². The van der Waals surface area contributed by atoms with E-state index in [1.165, 1.54) is 0 Å².